The average molecular weight is 544 g/mol. The van der Waals surface area contributed by atoms with Gasteiger partial charge in [-0.1, -0.05) is 110 Å². The molecule has 2 aromatic rings. The number of fused-ring (bicyclic) bond motifs is 1. The summed E-state index contributed by atoms with van der Waals surface area (Å²) in [6, 6.07) is 0.522. The van der Waals surface area contributed by atoms with E-state index in [0.29, 0.717) is 17.2 Å². The number of hydrogen-bond donors (Lipinski definition) is 0. The van der Waals surface area contributed by atoms with Gasteiger partial charge in [-0.2, -0.15) is 0 Å². The number of rotatable bonds is 19. The summed E-state index contributed by atoms with van der Waals surface area (Å²) in [6.07, 6.45) is 25.2. The van der Waals surface area contributed by atoms with Gasteiger partial charge < -0.3 is 4.57 Å². The molecule has 0 amide bonds. The van der Waals surface area contributed by atoms with Crippen LogP contribution in [-0.4, -0.2) is 36.2 Å². The van der Waals surface area contributed by atoms with Crippen molar-refractivity contribution in [3.8, 4) is 0 Å². The fourth-order valence-electron chi connectivity index (χ4n) is 6.25. The fraction of sp³-hybridized carbons (Fsp3) is 0.844. The van der Waals surface area contributed by atoms with Crippen LogP contribution in [0.15, 0.2) is 9.59 Å². The first kappa shape index (κ1) is 31.6. The molecule has 7 heteroatoms. The summed E-state index contributed by atoms with van der Waals surface area (Å²) >= 11 is 0. The van der Waals surface area contributed by atoms with Crippen LogP contribution in [0.2, 0.25) is 0 Å². The SMILES string of the molecule is CCCCCCCCCCCCCCCCCCn1c(CN2CCCCC2C)nc2c1c(=O)n(C)c(=O)n2C. The number of piperidine rings is 1. The first-order chi connectivity index (χ1) is 19.0. The maximum Gasteiger partial charge on any atom is 0.332 e. The summed E-state index contributed by atoms with van der Waals surface area (Å²) < 4.78 is 4.88. The Kier molecular flexibility index (Phi) is 13.8. The second kappa shape index (κ2) is 17.0. The quantitative estimate of drug-likeness (QED) is 0.178. The van der Waals surface area contributed by atoms with Crippen LogP contribution in [0.4, 0.5) is 0 Å². The van der Waals surface area contributed by atoms with Crippen LogP contribution in [0.25, 0.3) is 11.2 Å². The van der Waals surface area contributed by atoms with Gasteiger partial charge in [-0.05, 0) is 32.7 Å². The minimum atomic E-state index is -0.308. The minimum absolute atomic E-state index is 0.227. The number of unbranched alkanes of at least 4 members (excludes halogenated alkanes) is 15. The van der Waals surface area contributed by atoms with Gasteiger partial charge in [-0.25, -0.2) is 9.78 Å². The van der Waals surface area contributed by atoms with Gasteiger partial charge in [-0.3, -0.25) is 18.8 Å². The highest BCUT2D eigenvalue weighted by Crippen LogP contribution is 2.21. The zero-order chi connectivity index (χ0) is 28.0. The molecule has 3 rings (SSSR count). The summed E-state index contributed by atoms with van der Waals surface area (Å²) in [5.41, 5.74) is 0.576. The number of imidazole rings is 1. The molecule has 1 fully saturated rings. The van der Waals surface area contributed by atoms with Gasteiger partial charge in [0, 0.05) is 26.7 Å². The molecule has 7 nitrogen and oxygen atoms in total. The molecule has 1 saturated heterocycles. The molecule has 1 aliphatic rings. The van der Waals surface area contributed by atoms with E-state index < -0.39 is 0 Å². The lowest BCUT2D eigenvalue weighted by Crippen LogP contribution is -2.38. The van der Waals surface area contributed by atoms with E-state index >= 15 is 0 Å². The van der Waals surface area contributed by atoms with Crippen molar-refractivity contribution in [3.63, 3.8) is 0 Å². The Bertz CT molecular complexity index is 1100. The molecule has 0 aliphatic carbocycles. The average Bonchev–Trinajstić information content (AvgIpc) is 3.29. The van der Waals surface area contributed by atoms with Crippen molar-refractivity contribution in [3.05, 3.63) is 26.7 Å². The Labute approximate surface area is 237 Å². The van der Waals surface area contributed by atoms with E-state index in [1.54, 1.807) is 14.1 Å². The lowest BCUT2D eigenvalue weighted by molar-refractivity contribution is 0.147. The highest BCUT2D eigenvalue weighted by atomic mass is 16.2. The third kappa shape index (κ3) is 9.33. The van der Waals surface area contributed by atoms with Crippen LogP contribution in [0.5, 0.6) is 0 Å². The molecule has 222 valence electrons. The third-order valence-corrected chi connectivity index (χ3v) is 8.95. The Morgan fingerprint density at radius 3 is 1.82 bits per heavy atom. The molecular formula is C32H57N5O2. The first-order valence-electron chi connectivity index (χ1n) is 16.3. The second-order valence-electron chi connectivity index (χ2n) is 12.2. The molecular weight excluding hydrogens is 486 g/mol. The van der Waals surface area contributed by atoms with Crippen molar-refractivity contribution in [2.24, 2.45) is 14.1 Å². The Hall–Kier alpha value is -1.89. The zero-order valence-electron chi connectivity index (χ0n) is 25.7. The third-order valence-electron chi connectivity index (χ3n) is 8.95. The standard InChI is InChI=1S/C32H57N5O2/c1-5-6-7-8-9-10-11-12-13-14-15-16-17-18-19-21-25-37-28(26-36-24-22-20-23-27(36)2)33-30-29(37)31(38)35(4)32(39)34(30)3/h27H,5-26H2,1-4H3. The molecule has 1 atom stereocenters. The number of nitrogens with zero attached hydrogens (tertiary/aromatic N) is 5. The molecule has 3 heterocycles. The van der Waals surface area contributed by atoms with E-state index in [1.165, 1.54) is 125 Å². The molecule has 0 spiro atoms. The van der Waals surface area contributed by atoms with Gasteiger partial charge in [0.1, 0.15) is 5.82 Å². The van der Waals surface area contributed by atoms with Crippen LogP contribution in [0.1, 0.15) is 142 Å². The predicted octanol–water partition coefficient (Wildman–Crippen LogP) is 7.07. The number of hydrogen-bond acceptors (Lipinski definition) is 4. The summed E-state index contributed by atoms with van der Waals surface area (Å²) in [5.74, 6) is 0.929. The zero-order valence-corrected chi connectivity index (χ0v) is 25.7. The van der Waals surface area contributed by atoms with E-state index in [2.05, 4.69) is 23.3 Å². The molecule has 0 radical (unpaired) electrons. The van der Waals surface area contributed by atoms with Crippen LogP contribution >= 0.6 is 0 Å². The molecule has 0 aromatic carbocycles. The molecule has 1 unspecified atom stereocenters. The van der Waals surface area contributed by atoms with Crippen molar-refractivity contribution in [1.82, 2.24) is 23.6 Å². The Balaban J connectivity index is 1.42. The van der Waals surface area contributed by atoms with Gasteiger partial charge in [0.2, 0.25) is 0 Å². The maximum absolute atomic E-state index is 13.1. The van der Waals surface area contributed by atoms with Crippen LogP contribution in [0.3, 0.4) is 0 Å². The number of aryl methyl sites for hydroxylation is 2. The highest BCUT2D eigenvalue weighted by molar-refractivity contribution is 5.71. The molecule has 2 aromatic heterocycles. The van der Waals surface area contributed by atoms with Gasteiger partial charge >= 0.3 is 5.69 Å². The Morgan fingerprint density at radius 1 is 0.744 bits per heavy atom. The van der Waals surface area contributed by atoms with Crippen LogP contribution in [-0.2, 0) is 27.2 Å². The lowest BCUT2D eigenvalue weighted by atomic mass is 10.0. The van der Waals surface area contributed by atoms with Crippen molar-refractivity contribution >= 4 is 11.2 Å². The number of likely N-dealkylation sites (tertiary alicyclic amines) is 1. The van der Waals surface area contributed by atoms with Crippen LogP contribution in [0, 0.1) is 0 Å². The minimum Gasteiger partial charge on any atom is -0.321 e. The molecule has 39 heavy (non-hydrogen) atoms. The van der Waals surface area contributed by atoms with Crippen molar-refractivity contribution in [1.29, 1.82) is 0 Å². The smallest absolute Gasteiger partial charge is 0.321 e. The van der Waals surface area contributed by atoms with Gasteiger partial charge in [-0.15, -0.1) is 0 Å². The van der Waals surface area contributed by atoms with Gasteiger partial charge in [0.25, 0.3) is 5.56 Å². The Morgan fingerprint density at radius 2 is 1.28 bits per heavy atom. The van der Waals surface area contributed by atoms with E-state index in [4.69, 9.17) is 4.98 Å². The molecule has 1 aliphatic heterocycles. The van der Waals surface area contributed by atoms with Crippen molar-refractivity contribution in [2.45, 2.75) is 155 Å². The van der Waals surface area contributed by atoms with Crippen LogP contribution < -0.4 is 11.2 Å². The van der Waals surface area contributed by atoms with Gasteiger partial charge in [0.15, 0.2) is 11.2 Å². The molecule has 0 bridgehead atoms. The highest BCUT2D eigenvalue weighted by Gasteiger charge is 2.24. The topological polar surface area (TPSA) is 65.1 Å². The summed E-state index contributed by atoms with van der Waals surface area (Å²) in [6.45, 7) is 7.18. The van der Waals surface area contributed by atoms with E-state index in [-0.39, 0.29) is 11.2 Å². The fourth-order valence-corrected chi connectivity index (χ4v) is 6.25. The largest absolute Gasteiger partial charge is 0.332 e. The van der Waals surface area contributed by atoms with E-state index in [1.807, 2.05) is 0 Å². The number of aromatic nitrogens is 4. The summed E-state index contributed by atoms with van der Waals surface area (Å²) in [5, 5.41) is 0. The molecule has 0 N–H and O–H groups in total. The van der Waals surface area contributed by atoms with Gasteiger partial charge in [0.05, 0.1) is 6.54 Å². The van der Waals surface area contributed by atoms with E-state index in [9.17, 15) is 9.59 Å². The summed E-state index contributed by atoms with van der Waals surface area (Å²) in [4.78, 5) is 33.0. The normalized spacial score (nSPS) is 16.5. The molecule has 0 saturated carbocycles. The monoisotopic (exact) mass is 543 g/mol. The summed E-state index contributed by atoms with van der Waals surface area (Å²) in [7, 11) is 3.30. The van der Waals surface area contributed by atoms with E-state index in [0.717, 1.165) is 31.9 Å². The van der Waals surface area contributed by atoms with Crippen molar-refractivity contribution in [2.75, 3.05) is 6.54 Å². The maximum atomic E-state index is 13.1. The lowest BCUT2D eigenvalue weighted by Gasteiger charge is -2.33. The first-order valence-corrected chi connectivity index (χ1v) is 16.3. The van der Waals surface area contributed by atoms with Crippen molar-refractivity contribution < 1.29 is 0 Å². The second-order valence-corrected chi connectivity index (χ2v) is 12.2. The predicted molar refractivity (Wildman–Crippen MR) is 163 cm³/mol.